The number of aldehydes is 2. The van der Waals surface area contributed by atoms with Gasteiger partial charge < -0.3 is 76.8 Å². The van der Waals surface area contributed by atoms with Gasteiger partial charge in [0, 0.05) is 101 Å². The van der Waals surface area contributed by atoms with E-state index in [1.54, 1.807) is 19.2 Å². The van der Waals surface area contributed by atoms with E-state index in [1.807, 2.05) is 96.0 Å². The Bertz CT molecular complexity index is 2720. The van der Waals surface area contributed by atoms with Crippen molar-refractivity contribution < 1.29 is 148 Å². The maximum Gasteiger partial charge on any atom is 0.303 e. The van der Waals surface area contributed by atoms with E-state index in [0.717, 1.165) is 43.6 Å². The third kappa shape index (κ3) is 64.0. The number of carbonyl (C=O) groups is 10. The van der Waals surface area contributed by atoms with Crippen molar-refractivity contribution in [3.05, 3.63) is 202 Å². The molecule has 0 radical (unpaired) electrons. The molecule has 2 heterocycles. The highest BCUT2D eigenvalue weighted by Gasteiger charge is 2.48. The van der Waals surface area contributed by atoms with E-state index < -0.39 is 41.9 Å². The van der Waals surface area contributed by atoms with Crippen molar-refractivity contribution in [3.8, 4) is 0 Å². The summed E-state index contributed by atoms with van der Waals surface area (Å²) in [6, 6.07) is 8.54. The van der Waals surface area contributed by atoms with Crippen molar-refractivity contribution >= 4 is 103 Å². The van der Waals surface area contributed by atoms with E-state index in [4.69, 9.17) is 47.9 Å². The van der Waals surface area contributed by atoms with Crippen molar-refractivity contribution in [1.82, 2.24) is 0 Å². The second-order valence-electron chi connectivity index (χ2n) is 17.8. The summed E-state index contributed by atoms with van der Waals surface area (Å²) in [6.07, 6.45) is 21.3. The molecule has 2 atom stereocenters. The molecule has 34 heteroatoms. The fourth-order valence-electron chi connectivity index (χ4n) is 8.78. The van der Waals surface area contributed by atoms with Gasteiger partial charge in [0.1, 0.15) is 83.0 Å². The zero-order valence-electron chi connectivity index (χ0n) is 64.6. The summed E-state index contributed by atoms with van der Waals surface area (Å²) in [5.41, 5.74) is 2.01. The van der Waals surface area contributed by atoms with Crippen LogP contribution in [-0.2, 0) is 143 Å². The number of hydrogen-bond donors (Lipinski definition) is 2. The molecule has 32 nitrogen and oxygen atoms in total. The molecule has 4 rings (SSSR count). The van der Waals surface area contributed by atoms with Crippen LogP contribution >= 0.6 is 0 Å². The predicted molar refractivity (Wildman–Crippen MR) is 420 cm³/mol. The van der Waals surface area contributed by atoms with Crippen molar-refractivity contribution in [2.75, 3.05) is 58.6 Å². The van der Waals surface area contributed by atoms with E-state index in [-0.39, 0.29) is 31.0 Å². The SMILES string of the molecule is C=C.C=C.C=C.C=C.C=C.C=C.C=C.C=C.C=C.C=O.C=O.C=O.C=O.C=O.C=O.C=O.CCN1C(=CC=CC2=[N+](CCCCCC(=O)O)c3ccc(S(=O)(=O)O)cc3C2(C)CCOCCOC)C(C)(CCOOOOOOOOOO/C=C/OC)c2cc(S(=O)(=O)[O-])ccc21.O=CCCCCCCCCCC=O. The van der Waals surface area contributed by atoms with Gasteiger partial charge in [-0.15, -0.1) is 118 Å². The number of carboxylic acids is 1. The minimum absolute atomic E-state index is 0.0144. The van der Waals surface area contributed by atoms with Crippen LogP contribution in [0, 0.1) is 0 Å². The van der Waals surface area contributed by atoms with Crippen molar-refractivity contribution in [2.45, 2.75) is 138 Å². The molecule has 2 unspecified atom stereocenters. The van der Waals surface area contributed by atoms with Crippen LogP contribution in [0.5, 0.6) is 0 Å². The molecule has 109 heavy (non-hydrogen) atoms. The number of likely N-dealkylation sites (N-methyl/N-ethyl adjacent to an activating group) is 1. The third-order valence-electron chi connectivity index (χ3n) is 12.6. The van der Waals surface area contributed by atoms with E-state index >= 15 is 0 Å². The van der Waals surface area contributed by atoms with Gasteiger partial charge in [-0.05, 0) is 121 Å². The fourth-order valence-corrected chi connectivity index (χ4v) is 9.79. The van der Waals surface area contributed by atoms with Crippen molar-refractivity contribution in [1.29, 1.82) is 0 Å². The summed E-state index contributed by atoms with van der Waals surface area (Å²) in [6.45, 7) is 75.3. The molecular formula is C75H122N2O30S2. The Balaban J connectivity index is -0.000000140. The van der Waals surface area contributed by atoms with Gasteiger partial charge in [0.05, 0.1) is 42.1 Å². The zero-order valence-corrected chi connectivity index (χ0v) is 66.2. The number of rotatable bonds is 41. The van der Waals surface area contributed by atoms with Gasteiger partial charge in [-0.3, -0.25) is 9.35 Å². The quantitative estimate of drug-likeness (QED) is 0.00912. The lowest BCUT2D eigenvalue weighted by Gasteiger charge is -2.29. The summed E-state index contributed by atoms with van der Waals surface area (Å²) in [4.78, 5) is 97.8. The summed E-state index contributed by atoms with van der Waals surface area (Å²) in [5.74, 6) is -0.896. The average molecular weight is 1600 g/mol. The number of ether oxygens (including phenoxy) is 3. The summed E-state index contributed by atoms with van der Waals surface area (Å²) in [7, 11) is -6.51. The van der Waals surface area contributed by atoms with Gasteiger partial charge in [-0.1, -0.05) is 38.2 Å². The molecule has 2 aliphatic heterocycles. The molecule has 0 bridgehead atoms. The fraction of sp³-hybridized carbons (Fsp3) is 0.373. The van der Waals surface area contributed by atoms with E-state index in [0.29, 0.717) is 93.0 Å². The molecule has 2 N–H and O–H groups in total. The lowest BCUT2D eigenvalue weighted by molar-refractivity contribution is -0.843. The molecule has 0 spiro atoms. The average Bonchev–Trinajstić information content (AvgIpc) is 1.59. The lowest BCUT2D eigenvalue weighted by Crippen LogP contribution is -2.33. The molecule has 0 fully saturated rings. The second-order valence-corrected chi connectivity index (χ2v) is 20.6. The number of anilines is 1. The first-order valence-electron chi connectivity index (χ1n) is 31.5. The molecular weight excluding hydrogens is 1470 g/mol. The lowest BCUT2D eigenvalue weighted by atomic mass is 9.76. The number of hydrogen-bond acceptors (Lipinski definition) is 29. The summed E-state index contributed by atoms with van der Waals surface area (Å²) >= 11 is 0. The smallest absolute Gasteiger partial charge is 0.303 e. The monoisotopic (exact) mass is 1590 g/mol. The first-order chi connectivity index (χ1) is 52.9. The minimum atomic E-state index is -4.85. The number of methoxy groups -OCH3 is 2. The molecule has 2 aliphatic rings. The van der Waals surface area contributed by atoms with Gasteiger partial charge in [-0.25, -0.2) is 13.3 Å². The van der Waals surface area contributed by atoms with E-state index in [9.17, 15) is 45.4 Å². The molecule has 0 saturated carbocycles. The number of carboxylic acid groups (broad SMARTS) is 1. The Morgan fingerprint density at radius 3 is 1.38 bits per heavy atom. The summed E-state index contributed by atoms with van der Waals surface area (Å²) in [5, 5.41) is 41.8. The largest absolute Gasteiger partial charge is 0.744 e. The number of carbonyl (C=O) groups excluding carboxylic acids is 9. The van der Waals surface area contributed by atoms with Crippen LogP contribution in [0.1, 0.15) is 128 Å². The van der Waals surface area contributed by atoms with Crippen LogP contribution in [0.15, 0.2) is 201 Å². The predicted octanol–water partition coefficient (Wildman–Crippen LogP) is 13.9. The van der Waals surface area contributed by atoms with Crippen LogP contribution in [-0.4, -0.2) is 161 Å². The number of allylic oxidation sites excluding steroid dienone is 4. The van der Waals surface area contributed by atoms with Crippen LogP contribution in [0.25, 0.3) is 0 Å². The number of fused-ring (bicyclic) bond motifs is 2. The molecule has 624 valence electrons. The Morgan fingerprint density at radius 1 is 0.532 bits per heavy atom. The Morgan fingerprint density at radius 2 is 0.954 bits per heavy atom. The highest BCUT2D eigenvalue weighted by molar-refractivity contribution is 7.86. The number of nitrogens with zero attached hydrogens (tertiary/aromatic N) is 2. The van der Waals surface area contributed by atoms with Gasteiger partial charge in [0.2, 0.25) is 5.69 Å². The normalized spacial score (nSPS) is 13.1. The van der Waals surface area contributed by atoms with Crippen LogP contribution in [0.2, 0.25) is 0 Å². The maximum atomic E-state index is 12.4. The number of benzene rings is 2. The topological polar surface area (TPSA) is 429 Å². The van der Waals surface area contributed by atoms with Gasteiger partial charge in [0.25, 0.3) is 10.1 Å². The number of aliphatic carboxylic acids is 1. The Kier molecular flexibility index (Phi) is 127. The van der Waals surface area contributed by atoms with Crippen LogP contribution in [0.4, 0.5) is 11.4 Å². The first kappa shape index (κ1) is 132. The highest BCUT2D eigenvalue weighted by atomic mass is 32.2. The Labute approximate surface area is 647 Å². The maximum absolute atomic E-state index is 12.4. The minimum Gasteiger partial charge on any atom is -0.744 e. The van der Waals surface area contributed by atoms with Gasteiger partial charge >= 0.3 is 5.97 Å². The van der Waals surface area contributed by atoms with Crippen molar-refractivity contribution in [3.63, 3.8) is 0 Å². The first-order valence-corrected chi connectivity index (χ1v) is 34.3. The number of unbranched alkanes of at least 4 members (excludes halogenated alkanes) is 10. The van der Waals surface area contributed by atoms with E-state index in [1.165, 1.54) is 63.5 Å². The molecule has 0 aliphatic carbocycles. The summed E-state index contributed by atoms with van der Waals surface area (Å²) < 4.78 is 89.0. The Hall–Kier alpha value is -9.73. The van der Waals surface area contributed by atoms with Crippen LogP contribution < -0.4 is 4.90 Å². The molecule has 2 aromatic rings. The molecule has 2 aromatic carbocycles. The molecule has 0 saturated heterocycles. The van der Waals surface area contributed by atoms with Crippen molar-refractivity contribution in [2.24, 2.45) is 0 Å². The van der Waals surface area contributed by atoms with Gasteiger partial charge in [0.15, 0.2) is 12.0 Å². The zero-order chi connectivity index (χ0) is 88.6. The third-order valence-corrected chi connectivity index (χ3v) is 14.3. The van der Waals surface area contributed by atoms with Gasteiger partial charge in [-0.2, -0.15) is 13.0 Å². The van der Waals surface area contributed by atoms with Crippen LogP contribution in [0.3, 0.4) is 0 Å². The highest BCUT2D eigenvalue weighted by Crippen LogP contribution is 2.51. The second kappa shape index (κ2) is 105. The molecule has 0 amide bonds. The molecule has 0 aromatic heterocycles. The van der Waals surface area contributed by atoms with E-state index in [2.05, 4.69) is 168 Å². The standard InChI is InChI=1S/C39H52N2O21S2.C11H20O2.9C2H4.7CH2O/c1-6-40-33-16-14-29(63(44,45)46)27-31(33)39(3,19-22-53-55-57-59-61-62-60-58-56-54-26-24-51-5)35(40)11-10-12-36-38(2,18-21-52-25-23-50-4)32-28-30(64(47,48)49)15-17-34(32)41(36)20-9-7-8-13-37(42)43;12-10-8-6-4-2-1-3-5-7-9-11-13;16*1-2/h10-12,14-17,24,26-28H,6-9,13,18-23,25H2,1-5H3,(H2-,42,43,44,45,46,47,48,49);10-11H,1-9H2;9*1-2H2;7*1H2/b26-24+;;;;;;;;;;;;;;;;;.